The summed E-state index contributed by atoms with van der Waals surface area (Å²) in [7, 11) is 0. The second kappa shape index (κ2) is 12.2. The van der Waals surface area contributed by atoms with E-state index < -0.39 is 0 Å². The molecule has 0 amide bonds. The molecule has 0 saturated carbocycles. The lowest BCUT2D eigenvalue weighted by Gasteiger charge is -2.24. The third-order valence-electron chi connectivity index (χ3n) is 11.3. The maximum absolute atomic E-state index is 6.85. The van der Waals surface area contributed by atoms with Crippen LogP contribution in [0, 0.1) is 0 Å². The number of fused-ring (bicyclic) bond motifs is 10. The minimum absolute atomic E-state index is 0.322. The predicted octanol–water partition coefficient (Wildman–Crippen LogP) is 13.6. The minimum atomic E-state index is -0.322. The number of amidine groups is 2. The fraction of sp³-hybridized carbons (Fsp3) is 0.0196. The first-order valence-electron chi connectivity index (χ1n) is 18.9. The van der Waals surface area contributed by atoms with Gasteiger partial charge in [-0.15, -0.1) is 11.3 Å². The number of thiophene rings is 1. The molecule has 2 aromatic heterocycles. The Labute approximate surface area is 325 Å². The van der Waals surface area contributed by atoms with E-state index in [1.165, 1.54) is 52.7 Å². The molecule has 5 heteroatoms. The first-order valence-corrected chi connectivity index (χ1v) is 19.7. The van der Waals surface area contributed by atoms with E-state index in [0.717, 1.165) is 55.4 Å². The summed E-state index contributed by atoms with van der Waals surface area (Å²) in [5, 5.41) is 15.7. The molecule has 0 spiro atoms. The smallest absolute Gasteiger partial charge is 0.159 e. The zero-order chi connectivity index (χ0) is 36.7. The Morgan fingerprint density at radius 3 is 2.09 bits per heavy atom. The van der Waals surface area contributed by atoms with Crippen molar-refractivity contribution in [1.29, 1.82) is 0 Å². The molecule has 1 aliphatic rings. The minimum Gasteiger partial charge on any atom is -0.455 e. The molecule has 1 N–H and O–H groups in total. The van der Waals surface area contributed by atoms with Crippen molar-refractivity contribution in [2.75, 3.05) is 0 Å². The molecule has 56 heavy (non-hydrogen) atoms. The number of hydrogen-bond donors (Lipinski definition) is 1. The van der Waals surface area contributed by atoms with Gasteiger partial charge in [-0.05, 0) is 62.1 Å². The molecule has 262 valence electrons. The number of aliphatic imine (C=N–C) groups is 2. The summed E-state index contributed by atoms with van der Waals surface area (Å²) in [5.74, 6) is 1.46. The standard InChI is InChI=1S/C51H31N3OS/c1-2-12-31(13-3-1)49-52-50(35-25-26-37-34(27-35)24-23-30-11-6-7-16-36(30)37)54-51(53-49)42-21-10-22-44-46(42)41-20-8-17-38(47(41)55-44)39-18-9-19-40-43-28-32-14-4-5-15-33(32)29-45(43)56-48(39)40/h1-29,49H,(H,52,53,54). The average molecular weight is 734 g/mol. The van der Waals surface area contributed by atoms with Crippen molar-refractivity contribution in [3.05, 3.63) is 193 Å². The van der Waals surface area contributed by atoms with E-state index in [4.69, 9.17) is 14.4 Å². The molecule has 3 heterocycles. The van der Waals surface area contributed by atoms with Gasteiger partial charge in [-0.2, -0.15) is 0 Å². The summed E-state index contributed by atoms with van der Waals surface area (Å²) < 4.78 is 9.41. The van der Waals surface area contributed by atoms with Gasteiger partial charge in [-0.3, -0.25) is 0 Å². The van der Waals surface area contributed by atoms with E-state index in [1.807, 2.05) is 17.4 Å². The second-order valence-corrected chi connectivity index (χ2v) is 15.6. The molecule has 0 fully saturated rings. The van der Waals surface area contributed by atoms with Gasteiger partial charge in [-0.25, -0.2) is 9.98 Å². The average Bonchev–Trinajstić information content (AvgIpc) is 3.84. The molecule has 12 rings (SSSR count). The normalized spacial score (nSPS) is 14.6. The van der Waals surface area contributed by atoms with Crippen LogP contribution in [0.5, 0.6) is 0 Å². The Balaban J connectivity index is 1.03. The summed E-state index contributed by atoms with van der Waals surface area (Å²) in [6.45, 7) is 0. The maximum Gasteiger partial charge on any atom is 0.159 e. The van der Waals surface area contributed by atoms with Crippen LogP contribution in [0.4, 0.5) is 0 Å². The summed E-state index contributed by atoms with van der Waals surface area (Å²) in [4.78, 5) is 10.5. The Morgan fingerprint density at radius 1 is 0.500 bits per heavy atom. The third kappa shape index (κ3) is 4.84. The molecule has 0 radical (unpaired) electrons. The van der Waals surface area contributed by atoms with Crippen molar-refractivity contribution in [2.24, 2.45) is 9.98 Å². The van der Waals surface area contributed by atoms with Crippen LogP contribution in [0.2, 0.25) is 0 Å². The Morgan fingerprint density at radius 2 is 1.20 bits per heavy atom. The van der Waals surface area contributed by atoms with Crippen molar-refractivity contribution in [3.63, 3.8) is 0 Å². The lowest BCUT2D eigenvalue weighted by atomic mass is 9.98. The molecule has 11 aromatic rings. The number of furan rings is 1. The Hall–Kier alpha value is -7.08. The molecule has 4 nitrogen and oxygen atoms in total. The first-order chi connectivity index (χ1) is 27.7. The van der Waals surface area contributed by atoms with Crippen molar-refractivity contribution >= 4 is 97.4 Å². The van der Waals surface area contributed by atoms with E-state index in [9.17, 15) is 0 Å². The van der Waals surface area contributed by atoms with Gasteiger partial charge in [0.1, 0.15) is 23.2 Å². The van der Waals surface area contributed by atoms with Crippen molar-refractivity contribution < 1.29 is 4.42 Å². The molecule has 1 atom stereocenters. The first kappa shape index (κ1) is 31.3. The highest BCUT2D eigenvalue weighted by atomic mass is 32.1. The van der Waals surface area contributed by atoms with Crippen LogP contribution in [-0.4, -0.2) is 11.7 Å². The van der Waals surface area contributed by atoms with Gasteiger partial charge in [0.2, 0.25) is 0 Å². The summed E-state index contributed by atoms with van der Waals surface area (Å²) >= 11 is 1.85. The SMILES string of the molecule is c1ccc(C2N=C(c3ccc4c(ccc5ccccc54)c3)N=C(c3cccc4oc5c(-c6cccc7c6sc6cc8ccccc8cc67)cccc5c34)N2)cc1. The van der Waals surface area contributed by atoms with E-state index in [2.05, 4.69) is 175 Å². The Bertz CT molecular complexity index is 3460. The van der Waals surface area contributed by atoms with Gasteiger partial charge in [0, 0.05) is 53.2 Å². The molecule has 1 aliphatic heterocycles. The van der Waals surface area contributed by atoms with Crippen LogP contribution in [0.15, 0.2) is 190 Å². The van der Waals surface area contributed by atoms with Crippen LogP contribution in [0.25, 0.3) is 85.6 Å². The van der Waals surface area contributed by atoms with Crippen LogP contribution >= 0.6 is 11.3 Å². The number of nitrogens with zero attached hydrogens (tertiary/aromatic N) is 2. The lowest BCUT2D eigenvalue weighted by molar-refractivity contribution is 0.668. The number of benzene rings is 9. The van der Waals surface area contributed by atoms with E-state index >= 15 is 0 Å². The highest BCUT2D eigenvalue weighted by molar-refractivity contribution is 7.26. The quantitative estimate of drug-likeness (QED) is 0.183. The van der Waals surface area contributed by atoms with E-state index in [0.29, 0.717) is 5.84 Å². The fourth-order valence-corrected chi connectivity index (χ4v) is 9.89. The number of rotatable bonds is 4. The maximum atomic E-state index is 6.85. The van der Waals surface area contributed by atoms with Gasteiger partial charge in [-0.1, -0.05) is 152 Å². The Kier molecular flexibility index (Phi) is 6.83. The highest BCUT2D eigenvalue weighted by Gasteiger charge is 2.25. The summed E-state index contributed by atoms with van der Waals surface area (Å²) in [5.41, 5.74) is 6.97. The highest BCUT2D eigenvalue weighted by Crippen LogP contribution is 2.45. The van der Waals surface area contributed by atoms with E-state index in [1.54, 1.807) is 0 Å². The summed E-state index contributed by atoms with van der Waals surface area (Å²) in [6, 6.07) is 62.6. The van der Waals surface area contributed by atoms with Crippen LogP contribution in [0.3, 0.4) is 0 Å². The van der Waals surface area contributed by atoms with Gasteiger partial charge in [0.15, 0.2) is 5.84 Å². The third-order valence-corrected chi connectivity index (χ3v) is 12.5. The van der Waals surface area contributed by atoms with Crippen molar-refractivity contribution in [1.82, 2.24) is 5.32 Å². The molecular formula is C51H31N3OS. The van der Waals surface area contributed by atoms with Gasteiger partial charge < -0.3 is 9.73 Å². The van der Waals surface area contributed by atoms with Gasteiger partial charge in [0.25, 0.3) is 0 Å². The zero-order valence-corrected chi connectivity index (χ0v) is 30.8. The number of hydrogen-bond acceptors (Lipinski definition) is 5. The van der Waals surface area contributed by atoms with Crippen LogP contribution in [0.1, 0.15) is 22.9 Å². The van der Waals surface area contributed by atoms with Crippen molar-refractivity contribution in [2.45, 2.75) is 6.17 Å². The molecular weight excluding hydrogens is 703 g/mol. The van der Waals surface area contributed by atoms with Crippen LogP contribution in [-0.2, 0) is 0 Å². The largest absolute Gasteiger partial charge is 0.455 e. The van der Waals surface area contributed by atoms with Crippen molar-refractivity contribution in [3.8, 4) is 11.1 Å². The zero-order valence-electron chi connectivity index (χ0n) is 30.0. The fourth-order valence-electron chi connectivity index (χ4n) is 8.63. The van der Waals surface area contributed by atoms with Gasteiger partial charge >= 0.3 is 0 Å². The number of para-hydroxylation sites is 1. The molecule has 9 aromatic carbocycles. The predicted molar refractivity (Wildman–Crippen MR) is 236 cm³/mol. The lowest BCUT2D eigenvalue weighted by Crippen LogP contribution is -2.33. The van der Waals surface area contributed by atoms with Crippen LogP contribution < -0.4 is 5.32 Å². The monoisotopic (exact) mass is 733 g/mol. The summed E-state index contributed by atoms with van der Waals surface area (Å²) in [6.07, 6.45) is -0.322. The number of nitrogens with one attached hydrogen (secondary N) is 1. The molecule has 0 bridgehead atoms. The van der Waals surface area contributed by atoms with Gasteiger partial charge in [0.05, 0.1) is 0 Å². The molecule has 0 aliphatic carbocycles. The molecule has 1 unspecified atom stereocenters. The topological polar surface area (TPSA) is 49.9 Å². The second-order valence-electron chi connectivity index (χ2n) is 14.5. The molecule has 0 saturated heterocycles. The van der Waals surface area contributed by atoms with E-state index in [-0.39, 0.29) is 6.17 Å².